The Morgan fingerprint density at radius 3 is 2.41 bits per heavy atom. The molecular weight excluding hydrogens is 524 g/mol. The Kier molecular flexibility index (Phi) is 8.33. The van der Waals surface area contributed by atoms with Crippen LogP contribution in [0.3, 0.4) is 0 Å². The highest BCUT2D eigenvalue weighted by atomic mass is 79.9. The van der Waals surface area contributed by atoms with E-state index in [1.807, 2.05) is 13.8 Å². The van der Waals surface area contributed by atoms with Crippen molar-refractivity contribution >= 4 is 55.9 Å². The molecule has 2 aromatic carbocycles. The molecule has 1 unspecified atom stereocenters. The minimum atomic E-state index is -0.382. The highest BCUT2D eigenvalue weighted by Gasteiger charge is 2.15. The molecule has 0 saturated carbocycles. The Morgan fingerprint density at radius 1 is 1.06 bits per heavy atom. The van der Waals surface area contributed by atoms with Gasteiger partial charge in [0.1, 0.15) is 0 Å². The van der Waals surface area contributed by atoms with Crippen LogP contribution in [0.5, 0.6) is 0 Å². The van der Waals surface area contributed by atoms with Gasteiger partial charge in [0.2, 0.25) is 5.91 Å². The first-order chi connectivity index (χ1) is 16.2. The van der Waals surface area contributed by atoms with E-state index in [4.69, 9.17) is 11.6 Å². The first kappa shape index (κ1) is 25.7. The summed E-state index contributed by atoms with van der Waals surface area (Å²) in [4.78, 5) is 50.1. The number of anilines is 1. The Hall–Kier alpha value is -2.91. The van der Waals surface area contributed by atoms with Crippen LogP contribution in [-0.2, 0) is 17.9 Å². The number of nitrogens with one attached hydrogen (secondary N) is 2. The molecule has 10 heteroatoms. The zero-order valence-corrected chi connectivity index (χ0v) is 21.5. The van der Waals surface area contributed by atoms with Gasteiger partial charge in [-0.05, 0) is 72.1 Å². The number of benzene rings is 2. The van der Waals surface area contributed by atoms with Gasteiger partial charge in [0.05, 0.1) is 15.9 Å². The zero-order valence-electron chi connectivity index (χ0n) is 19.2. The molecule has 8 nitrogen and oxygen atoms in total. The van der Waals surface area contributed by atoms with E-state index in [1.165, 1.54) is 9.13 Å². The van der Waals surface area contributed by atoms with Gasteiger partial charge in [0, 0.05) is 41.8 Å². The number of hydrogen-bond donors (Lipinski definition) is 2. The van der Waals surface area contributed by atoms with Gasteiger partial charge in [-0.3, -0.25) is 23.5 Å². The Bertz CT molecular complexity index is 1370. The van der Waals surface area contributed by atoms with Gasteiger partial charge >= 0.3 is 5.69 Å². The Labute approximate surface area is 210 Å². The summed E-state index contributed by atoms with van der Waals surface area (Å²) in [6, 6.07) is 9.87. The van der Waals surface area contributed by atoms with E-state index in [-0.39, 0.29) is 41.9 Å². The summed E-state index contributed by atoms with van der Waals surface area (Å²) in [6.45, 7) is 6.44. The molecule has 1 heterocycles. The quantitative estimate of drug-likeness (QED) is 0.443. The molecule has 0 fully saturated rings. The number of hydrogen-bond acceptors (Lipinski definition) is 4. The van der Waals surface area contributed by atoms with Crippen molar-refractivity contribution in [3.8, 4) is 0 Å². The molecule has 2 amide bonds. The van der Waals surface area contributed by atoms with E-state index in [1.54, 1.807) is 43.3 Å². The van der Waals surface area contributed by atoms with Crippen LogP contribution in [0.15, 0.2) is 50.5 Å². The van der Waals surface area contributed by atoms with Gasteiger partial charge in [-0.1, -0.05) is 18.5 Å². The molecule has 180 valence electrons. The first-order valence-electron chi connectivity index (χ1n) is 11.0. The second kappa shape index (κ2) is 11.0. The molecule has 0 bridgehead atoms. The smallest absolute Gasteiger partial charge is 0.331 e. The summed E-state index contributed by atoms with van der Waals surface area (Å²) in [5, 5.41) is 6.42. The van der Waals surface area contributed by atoms with Gasteiger partial charge in [0.15, 0.2) is 0 Å². The summed E-state index contributed by atoms with van der Waals surface area (Å²) < 4.78 is 3.42. The molecular formula is C24H26BrClN4O4. The number of aromatic nitrogens is 2. The third kappa shape index (κ3) is 5.59. The highest BCUT2D eigenvalue weighted by molar-refractivity contribution is 9.10. The lowest BCUT2D eigenvalue weighted by atomic mass is 10.1. The number of aryl methyl sites for hydroxylation is 1. The van der Waals surface area contributed by atoms with Crippen LogP contribution in [0.4, 0.5) is 5.69 Å². The topological polar surface area (TPSA) is 102 Å². The molecule has 0 aliphatic carbocycles. The van der Waals surface area contributed by atoms with Gasteiger partial charge in [-0.25, -0.2) is 4.79 Å². The lowest BCUT2D eigenvalue weighted by Gasteiger charge is -2.15. The van der Waals surface area contributed by atoms with Crippen molar-refractivity contribution in [2.45, 2.75) is 40.3 Å². The SMILES string of the molecule is CCn1c(=O)c2cc(NC(=O)CC(C)CNC(=O)c3ccc(Br)c(Cl)c3)ccc2n(CC)c1=O. The fourth-order valence-corrected chi connectivity index (χ4v) is 4.12. The average Bonchev–Trinajstić information content (AvgIpc) is 2.80. The molecule has 0 saturated heterocycles. The molecule has 0 spiro atoms. The van der Waals surface area contributed by atoms with Crippen LogP contribution in [-0.4, -0.2) is 27.5 Å². The predicted molar refractivity (Wildman–Crippen MR) is 138 cm³/mol. The number of nitrogens with zero attached hydrogens (tertiary/aromatic N) is 2. The van der Waals surface area contributed by atoms with Crippen LogP contribution >= 0.6 is 27.5 Å². The van der Waals surface area contributed by atoms with Crippen LogP contribution in [0.1, 0.15) is 37.6 Å². The maximum absolute atomic E-state index is 12.8. The van der Waals surface area contributed by atoms with Crippen LogP contribution in [0.2, 0.25) is 5.02 Å². The van der Waals surface area contributed by atoms with E-state index >= 15 is 0 Å². The normalized spacial score (nSPS) is 11.9. The molecule has 0 aliphatic rings. The maximum Gasteiger partial charge on any atom is 0.331 e. The van der Waals surface area contributed by atoms with E-state index < -0.39 is 0 Å². The number of carbonyl (C=O) groups excluding carboxylic acids is 2. The monoisotopic (exact) mass is 548 g/mol. The number of halogens is 2. The zero-order chi connectivity index (χ0) is 25.0. The number of fused-ring (bicyclic) bond motifs is 1. The van der Waals surface area contributed by atoms with E-state index in [0.717, 1.165) is 0 Å². The number of carbonyl (C=O) groups is 2. The van der Waals surface area contributed by atoms with E-state index in [0.29, 0.717) is 44.7 Å². The van der Waals surface area contributed by atoms with Gasteiger partial charge < -0.3 is 10.6 Å². The summed E-state index contributed by atoms with van der Waals surface area (Å²) in [6.07, 6.45) is 0.174. The van der Waals surface area contributed by atoms with Gasteiger partial charge in [-0.2, -0.15) is 0 Å². The third-order valence-electron chi connectivity index (χ3n) is 5.47. The van der Waals surface area contributed by atoms with Crippen molar-refractivity contribution in [1.29, 1.82) is 0 Å². The van der Waals surface area contributed by atoms with Crippen molar-refractivity contribution < 1.29 is 9.59 Å². The summed E-state index contributed by atoms with van der Waals surface area (Å²) >= 11 is 9.32. The van der Waals surface area contributed by atoms with Gasteiger partial charge in [0.25, 0.3) is 11.5 Å². The standard InChI is InChI=1S/C24H26BrClN4O4/c1-4-29-20-9-7-16(12-17(20)23(33)30(5-2)24(29)34)28-21(31)10-14(3)13-27-22(32)15-6-8-18(25)19(26)11-15/h6-9,11-12,14H,4-5,10,13H2,1-3H3,(H,27,32)(H,28,31). The minimum absolute atomic E-state index is 0.127. The molecule has 34 heavy (non-hydrogen) atoms. The molecule has 3 aromatic rings. The first-order valence-corrected chi connectivity index (χ1v) is 12.1. The fourth-order valence-electron chi connectivity index (χ4n) is 3.69. The lowest BCUT2D eigenvalue weighted by molar-refractivity contribution is -0.116. The average molecular weight is 550 g/mol. The minimum Gasteiger partial charge on any atom is -0.352 e. The largest absolute Gasteiger partial charge is 0.352 e. The Balaban J connectivity index is 1.66. The van der Waals surface area contributed by atoms with E-state index in [9.17, 15) is 19.2 Å². The van der Waals surface area contributed by atoms with Crippen molar-refractivity contribution in [2.24, 2.45) is 5.92 Å². The van der Waals surface area contributed by atoms with Crippen LogP contribution < -0.4 is 21.9 Å². The van der Waals surface area contributed by atoms with Crippen LogP contribution in [0.25, 0.3) is 10.9 Å². The van der Waals surface area contributed by atoms with Crippen molar-refractivity contribution in [3.63, 3.8) is 0 Å². The molecule has 1 atom stereocenters. The Morgan fingerprint density at radius 2 is 1.76 bits per heavy atom. The second-order valence-corrected chi connectivity index (χ2v) is 9.27. The summed E-state index contributed by atoms with van der Waals surface area (Å²) in [7, 11) is 0. The molecule has 1 aromatic heterocycles. The molecule has 2 N–H and O–H groups in total. The van der Waals surface area contributed by atoms with Gasteiger partial charge in [-0.15, -0.1) is 0 Å². The summed E-state index contributed by atoms with van der Waals surface area (Å²) in [5.74, 6) is -0.643. The molecule has 0 aliphatic heterocycles. The fraction of sp³-hybridized carbons (Fsp3) is 0.333. The third-order valence-corrected chi connectivity index (χ3v) is 6.70. The van der Waals surface area contributed by atoms with Crippen molar-refractivity contribution in [3.05, 3.63) is 72.3 Å². The summed E-state index contributed by atoms with van der Waals surface area (Å²) in [5.41, 5.74) is 0.709. The second-order valence-electron chi connectivity index (χ2n) is 8.00. The van der Waals surface area contributed by atoms with Crippen LogP contribution in [0, 0.1) is 5.92 Å². The predicted octanol–water partition coefficient (Wildman–Crippen LogP) is 4.01. The lowest BCUT2D eigenvalue weighted by Crippen LogP contribution is -2.39. The molecule has 0 radical (unpaired) electrons. The molecule has 3 rings (SSSR count). The highest BCUT2D eigenvalue weighted by Crippen LogP contribution is 2.23. The van der Waals surface area contributed by atoms with Crippen molar-refractivity contribution in [1.82, 2.24) is 14.5 Å². The number of amides is 2. The van der Waals surface area contributed by atoms with E-state index in [2.05, 4.69) is 26.6 Å². The van der Waals surface area contributed by atoms with Crippen molar-refractivity contribution in [2.75, 3.05) is 11.9 Å². The maximum atomic E-state index is 12.8. The number of rotatable bonds is 8.